The lowest BCUT2D eigenvalue weighted by Crippen LogP contribution is -2.47. The topological polar surface area (TPSA) is 70.0 Å². The fraction of sp³-hybridized carbons (Fsp3) is 0.417. The van der Waals surface area contributed by atoms with Crippen LogP contribution >= 0.6 is 0 Å². The molecule has 1 aromatic carbocycles. The van der Waals surface area contributed by atoms with Crippen LogP contribution in [0.4, 0.5) is 9.18 Å². The third-order valence-corrected chi connectivity index (χ3v) is 2.91. The lowest BCUT2D eigenvalue weighted by molar-refractivity contribution is -0.0836. The molecular weight excluding hydrogens is 241 g/mol. The summed E-state index contributed by atoms with van der Waals surface area (Å²) < 4.78 is 18.4. The number of aliphatic hydroxyl groups is 1. The second kappa shape index (κ2) is 5.32. The van der Waals surface area contributed by atoms with Gasteiger partial charge in [-0.05, 0) is 17.7 Å². The van der Waals surface area contributed by atoms with Crippen LogP contribution in [0.1, 0.15) is 11.7 Å². The van der Waals surface area contributed by atoms with E-state index in [1.165, 1.54) is 23.1 Å². The zero-order valence-electron chi connectivity index (χ0n) is 9.62. The van der Waals surface area contributed by atoms with Crippen molar-refractivity contribution >= 4 is 6.09 Å². The van der Waals surface area contributed by atoms with Gasteiger partial charge in [0.15, 0.2) is 0 Å². The number of hydrogen-bond acceptors (Lipinski definition) is 3. The first-order valence-electron chi connectivity index (χ1n) is 5.61. The van der Waals surface area contributed by atoms with E-state index in [9.17, 15) is 14.3 Å². The number of hydrogen-bond donors (Lipinski definition) is 2. The van der Waals surface area contributed by atoms with Crippen molar-refractivity contribution in [1.82, 2.24) is 4.90 Å². The van der Waals surface area contributed by atoms with Crippen molar-refractivity contribution in [2.75, 3.05) is 19.7 Å². The highest BCUT2D eigenvalue weighted by molar-refractivity contribution is 5.65. The number of carboxylic acid groups (broad SMARTS) is 1. The zero-order chi connectivity index (χ0) is 13.1. The van der Waals surface area contributed by atoms with Crippen LogP contribution in [0.5, 0.6) is 0 Å². The number of benzene rings is 1. The van der Waals surface area contributed by atoms with Crippen molar-refractivity contribution in [2.24, 2.45) is 0 Å². The SMILES string of the molecule is O=C(O)N1CCO[C@@H](C(O)c2cccc(F)c2)C1. The maximum atomic E-state index is 13.0. The van der Waals surface area contributed by atoms with E-state index in [1.807, 2.05) is 0 Å². The van der Waals surface area contributed by atoms with Crippen molar-refractivity contribution in [1.29, 1.82) is 0 Å². The quantitative estimate of drug-likeness (QED) is 0.834. The van der Waals surface area contributed by atoms with Crippen molar-refractivity contribution in [3.05, 3.63) is 35.6 Å². The van der Waals surface area contributed by atoms with E-state index < -0.39 is 24.1 Å². The van der Waals surface area contributed by atoms with Crippen molar-refractivity contribution in [3.63, 3.8) is 0 Å². The van der Waals surface area contributed by atoms with Crippen molar-refractivity contribution in [2.45, 2.75) is 12.2 Å². The maximum Gasteiger partial charge on any atom is 0.407 e. The second-order valence-electron chi connectivity index (χ2n) is 4.14. The number of amides is 1. The Bertz CT molecular complexity index is 440. The van der Waals surface area contributed by atoms with Crippen molar-refractivity contribution in [3.8, 4) is 0 Å². The van der Waals surface area contributed by atoms with E-state index in [0.29, 0.717) is 5.56 Å². The molecule has 1 fully saturated rings. The molecule has 1 heterocycles. The summed E-state index contributed by atoms with van der Waals surface area (Å²) >= 11 is 0. The molecule has 1 saturated heterocycles. The van der Waals surface area contributed by atoms with E-state index in [0.717, 1.165) is 0 Å². The molecule has 0 aliphatic carbocycles. The van der Waals surface area contributed by atoms with E-state index >= 15 is 0 Å². The monoisotopic (exact) mass is 255 g/mol. The maximum absolute atomic E-state index is 13.0. The summed E-state index contributed by atoms with van der Waals surface area (Å²) in [7, 11) is 0. The molecule has 0 aromatic heterocycles. The highest BCUT2D eigenvalue weighted by Crippen LogP contribution is 2.22. The van der Waals surface area contributed by atoms with Gasteiger partial charge in [0.1, 0.15) is 18.0 Å². The van der Waals surface area contributed by atoms with Gasteiger partial charge in [-0.2, -0.15) is 0 Å². The molecule has 1 unspecified atom stereocenters. The normalized spacial score (nSPS) is 21.7. The first-order valence-corrected chi connectivity index (χ1v) is 5.61. The molecule has 1 aliphatic rings. The number of nitrogens with zero attached hydrogens (tertiary/aromatic N) is 1. The molecule has 0 bridgehead atoms. The number of morpholine rings is 1. The molecule has 18 heavy (non-hydrogen) atoms. The smallest absolute Gasteiger partial charge is 0.407 e. The molecule has 98 valence electrons. The third kappa shape index (κ3) is 2.77. The van der Waals surface area contributed by atoms with Gasteiger partial charge >= 0.3 is 6.09 Å². The lowest BCUT2D eigenvalue weighted by Gasteiger charge is -2.33. The number of ether oxygens (including phenoxy) is 1. The van der Waals surface area contributed by atoms with Gasteiger partial charge in [-0.1, -0.05) is 12.1 Å². The average Bonchev–Trinajstić information content (AvgIpc) is 2.38. The average molecular weight is 255 g/mol. The molecule has 0 spiro atoms. The van der Waals surface area contributed by atoms with Crippen LogP contribution in [0.25, 0.3) is 0 Å². The Morgan fingerprint density at radius 2 is 2.33 bits per heavy atom. The Kier molecular flexibility index (Phi) is 3.78. The van der Waals surface area contributed by atoms with Gasteiger partial charge in [-0.3, -0.25) is 0 Å². The number of carbonyl (C=O) groups is 1. The number of halogens is 1. The molecule has 2 N–H and O–H groups in total. The van der Waals surface area contributed by atoms with Gasteiger partial charge in [-0.15, -0.1) is 0 Å². The van der Waals surface area contributed by atoms with Crippen LogP contribution in [-0.2, 0) is 4.74 Å². The highest BCUT2D eigenvalue weighted by Gasteiger charge is 2.30. The molecule has 1 aromatic rings. The highest BCUT2D eigenvalue weighted by atomic mass is 19.1. The minimum absolute atomic E-state index is 0.0764. The van der Waals surface area contributed by atoms with Crippen LogP contribution in [0, 0.1) is 5.82 Å². The van der Waals surface area contributed by atoms with Gasteiger partial charge in [-0.25, -0.2) is 9.18 Å². The Morgan fingerprint density at radius 1 is 1.56 bits per heavy atom. The molecule has 0 radical (unpaired) electrons. The van der Waals surface area contributed by atoms with Gasteiger partial charge in [0.2, 0.25) is 0 Å². The number of aliphatic hydroxyl groups excluding tert-OH is 1. The summed E-state index contributed by atoms with van der Waals surface area (Å²) in [5, 5.41) is 18.9. The zero-order valence-corrected chi connectivity index (χ0v) is 9.62. The van der Waals surface area contributed by atoms with Crippen LogP contribution in [0.15, 0.2) is 24.3 Å². The van der Waals surface area contributed by atoms with E-state index in [2.05, 4.69) is 0 Å². The summed E-state index contributed by atoms with van der Waals surface area (Å²) in [5.41, 5.74) is 0.382. The van der Waals surface area contributed by atoms with Crippen molar-refractivity contribution < 1.29 is 24.1 Å². The first-order chi connectivity index (χ1) is 8.58. The Morgan fingerprint density at radius 3 is 3.00 bits per heavy atom. The fourth-order valence-electron chi connectivity index (χ4n) is 1.95. The van der Waals surface area contributed by atoms with Gasteiger partial charge < -0.3 is 19.8 Å². The standard InChI is InChI=1S/C12H14FNO4/c13-9-3-1-2-8(6-9)11(15)10-7-14(12(16)17)4-5-18-10/h1-3,6,10-11,15H,4-5,7H2,(H,16,17)/t10-,11?/m1/s1. The summed E-state index contributed by atoms with van der Waals surface area (Å²) in [6, 6.07) is 5.57. The molecule has 2 atom stereocenters. The summed E-state index contributed by atoms with van der Waals surface area (Å²) in [6.45, 7) is 0.581. The van der Waals surface area contributed by atoms with Crippen LogP contribution in [-0.4, -0.2) is 47.0 Å². The fourth-order valence-corrected chi connectivity index (χ4v) is 1.95. The molecule has 2 rings (SSSR count). The summed E-state index contributed by atoms with van der Waals surface area (Å²) in [6.07, 6.45) is -2.76. The molecular formula is C12H14FNO4. The summed E-state index contributed by atoms with van der Waals surface area (Å²) in [4.78, 5) is 12.0. The van der Waals surface area contributed by atoms with E-state index in [4.69, 9.17) is 9.84 Å². The van der Waals surface area contributed by atoms with Gasteiger partial charge in [0.05, 0.1) is 13.2 Å². The Labute approximate surface area is 103 Å². The van der Waals surface area contributed by atoms with E-state index in [1.54, 1.807) is 6.07 Å². The third-order valence-electron chi connectivity index (χ3n) is 2.91. The molecule has 5 nitrogen and oxygen atoms in total. The predicted octanol–water partition coefficient (Wildman–Crippen LogP) is 1.24. The van der Waals surface area contributed by atoms with Gasteiger partial charge in [0.25, 0.3) is 0 Å². The second-order valence-corrected chi connectivity index (χ2v) is 4.14. The van der Waals surface area contributed by atoms with Crippen LogP contribution < -0.4 is 0 Å². The number of rotatable bonds is 2. The van der Waals surface area contributed by atoms with Crippen LogP contribution in [0.3, 0.4) is 0 Å². The van der Waals surface area contributed by atoms with Crippen LogP contribution in [0.2, 0.25) is 0 Å². The van der Waals surface area contributed by atoms with Gasteiger partial charge in [0, 0.05) is 6.54 Å². The van der Waals surface area contributed by atoms with E-state index in [-0.39, 0.29) is 19.7 Å². The summed E-state index contributed by atoms with van der Waals surface area (Å²) in [5.74, 6) is -0.447. The Balaban J connectivity index is 2.09. The molecule has 1 aliphatic heterocycles. The first kappa shape index (κ1) is 12.8. The minimum atomic E-state index is -1.05. The predicted molar refractivity (Wildman–Crippen MR) is 60.7 cm³/mol. The Hall–Kier alpha value is -1.66. The molecule has 0 saturated carbocycles. The molecule has 1 amide bonds. The largest absolute Gasteiger partial charge is 0.465 e. The molecule has 6 heteroatoms. The lowest BCUT2D eigenvalue weighted by atomic mass is 10.0. The minimum Gasteiger partial charge on any atom is -0.465 e.